The summed E-state index contributed by atoms with van der Waals surface area (Å²) in [6.45, 7) is 3.19. The van der Waals surface area contributed by atoms with Crippen LogP contribution < -0.4 is 10.2 Å². The summed E-state index contributed by atoms with van der Waals surface area (Å²) in [5.74, 6) is 0.670. The standard InChI is InChI=1S/C15H14O5/c1-8-5-10(17)13-12(19-8)6-11-9(14(13)18)3-4-15(2,7-16)20-11/h3-6,16,18H,7H2,1-2H3. The molecule has 0 amide bonds. The lowest BCUT2D eigenvalue weighted by Gasteiger charge is -2.30. The molecular weight excluding hydrogens is 260 g/mol. The number of aliphatic hydroxyl groups is 1. The molecule has 20 heavy (non-hydrogen) atoms. The minimum Gasteiger partial charge on any atom is -0.506 e. The van der Waals surface area contributed by atoms with E-state index in [2.05, 4.69) is 0 Å². The van der Waals surface area contributed by atoms with Gasteiger partial charge in [-0.3, -0.25) is 4.79 Å². The third-order valence-corrected chi connectivity index (χ3v) is 3.38. The number of aryl methyl sites for hydroxylation is 1. The van der Waals surface area contributed by atoms with E-state index < -0.39 is 5.60 Å². The molecule has 2 aromatic rings. The lowest BCUT2D eigenvalue weighted by atomic mass is 9.99. The van der Waals surface area contributed by atoms with Crippen LogP contribution in [0, 0.1) is 6.92 Å². The van der Waals surface area contributed by atoms with Crippen LogP contribution in [0.25, 0.3) is 17.0 Å². The average Bonchev–Trinajstić information content (AvgIpc) is 2.37. The Kier molecular flexibility index (Phi) is 2.62. The number of fused-ring (bicyclic) bond motifs is 2. The van der Waals surface area contributed by atoms with E-state index in [1.807, 2.05) is 0 Å². The van der Waals surface area contributed by atoms with Gasteiger partial charge < -0.3 is 19.4 Å². The molecular formula is C15H14O5. The highest BCUT2D eigenvalue weighted by atomic mass is 16.5. The summed E-state index contributed by atoms with van der Waals surface area (Å²) in [6.07, 6.45) is 3.29. The largest absolute Gasteiger partial charge is 0.506 e. The second-order valence-electron chi connectivity index (χ2n) is 5.14. The fourth-order valence-electron chi connectivity index (χ4n) is 2.29. The van der Waals surface area contributed by atoms with Crippen LogP contribution in [0.1, 0.15) is 18.2 Å². The normalized spacial score (nSPS) is 20.8. The molecule has 0 spiro atoms. The Balaban J connectivity index is 2.33. The summed E-state index contributed by atoms with van der Waals surface area (Å²) in [4.78, 5) is 12.0. The zero-order valence-corrected chi connectivity index (χ0v) is 11.1. The Labute approximate surface area is 114 Å². The van der Waals surface area contributed by atoms with Gasteiger partial charge in [-0.2, -0.15) is 0 Å². The summed E-state index contributed by atoms with van der Waals surface area (Å²) < 4.78 is 11.1. The monoisotopic (exact) mass is 274 g/mol. The first-order valence-corrected chi connectivity index (χ1v) is 6.23. The molecule has 1 aromatic heterocycles. The maximum atomic E-state index is 12.0. The summed E-state index contributed by atoms with van der Waals surface area (Å²) >= 11 is 0. The van der Waals surface area contributed by atoms with Gasteiger partial charge in [0, 0.05) is 12.1 Å². The van der Waals surface area contributed by atoms with E-state index in [9.17, 15) is 15.0 Å². The van der Waals surface area contributed by atoms with Crippen molar-refractivity contribution in [3.63, 3.8) is 0 Å². The number of ether oxygens (including phenoxy) is 1. The maximum Gasteiger partial charge on any atom is 0.196 e. The molecule has 3 rings (SSSR count). The molecule has 0 aliphatic carbocycles. The smallest absolute Gasteiger partial charge is 0.196 e. The van der Waals surface area contributed by atoms with Crippen LogP contribution in [0.2, 0.25) is 0 Å². The first-order chi connectivity index (χ1) is 9.43. The van der Waals surface area contributed by atoms with Crippen molar-refractivity contribution in [2.75, 3.05) is 6.61 Å². The molecule has 0 saturated heterocycles. The van der Waals surface area contributed by atoms with Gasteiger partial charge in [0.1, 0.15) is 33.8 Å². The highest BCUT2D eigenvalue weighted by molar-refractivity contribution is 5.90. The zero-order valence-electron chi connectivity index (χ0n) is 11.1. The molecule has 2 heterocycles. The van der Waals surface area contributed by atoms with Crippen LogP contribution in [0.4, 0.5) is 0 Å². The van der Waals surface area contributed by atoms with Gasteiger partial charge in [-0.1, -0.05) is 0 Å². The van der Waals surface area contributed by atoms with Crippen molar-refractivity contribution in [3.8, 4) is 11.5 Å². The first-order valence-electron chi connectivity index (χ1n) is 6.23. The van der Waals surface area contributed by atoms with Crippen LogP contribution >= 0.6 is 0 Å². The molecule has 1 unspecified atom stereocenters. The van der Waals surface area contributed by atoms with Crippen LogP contribution in [0.5, 0.6) is 11.5 Å². The zero-order chi connectivity index (χ0) is 14.5. The Morgan fingerprint density at radius 1 is 1.35 bits per heavy atom. The second kappa shape index (κ2) is 4.11. The van der Waals surface area contributed by atoms with Gasteiger partial charge in [0.05, 0.1) is 12.2 Å². The number of hydrogen-bond acceptors (Lipinski definition) is 5. The van der Waals surface area contributed by atoms with E-state index >= 15 is 0 Å². The van der Waals surface area contributed by atoms with Crippen LogP contribution in [0.3, 0.4) is 0 Å². The van der Waals surface area contributed by atoms with E-state index in [-0.39, 0.29) is 28.8 Å². The number of aromatic hydroxyl groups is 1. The van der Waals surface area contributed by atoms with Crippen molar-refractivity contribution in [2.45, 2.75) is 19.4 Å². The van der Waals surface area contributed by atoms with Crippen LogP contribution in [-0.2, 0) is 0 Å². The Hall–Kier alpha value is -2.27. The number of hydrogen-bond donors (Lipinski definition) is 2. The fourth-order valence-corrected chi connectivity index (χ4v) is 2.29. The molecule has 5 heteroatoms. The Morgan fingerprint density at radius 2 is 2.10 bits per heavy atom. The number of benzene rings is 1. The van der Waals surface area contributed by atoms with E-state index in [0.29, 0.717) is 17.1 Å². The van der Waals surface area contributed by atoms with Gasteiger partial charge in [0.15, 0.2) is 5.43 Å². The molecule has 0 radical (unpaired) electrons. The van der Waals surface area contributed by atoms with Crippen molar-refractivity contribution in [1.82, 2.24) is 0 Å². The number of phenolic OH excluding ortho intramolecular Hbond substituents is 1. The molecule has 0 fully saturated rings. The first kappa shape index (κ1) is 12.7. The van der Waals surface area contributed by atoms with Gasteiger partial charge in [-0.05, 0) is 26.0 Å². The van der Waals surface area contributed by atoms with E-state index in [4.69, 9.17) is 9.15 Å². The number of aliphatic hydroxyl groups excluding tert-OH is 1. The second-order valence-corrected chi connectivity index (χ2v) is 5.14. The van der Waals surface area contributed by atoms with E-state index in [1.165, 1.54) is 6.07 Å². The quantitative estimate of drug-likeness (QED) is 0.831. The predicted octanol–water partition coefficient (Wildman–Crippen LogP) is 1.96. The third-order valence-electron chi connectivity index (χ3n) is 3.38. The lowest BCUT2D eigenvalue weighted by Crippen LogP contribution is -2.35. The summed E-state index contributed by atoms with van der Waals surface area (Å²) in [5, 5.41) is 19.7. The van der Waals surface area contributed by atoms with Gasteiger partial charge >= 0.3 is 0 Å². The minimum absolute atomic E-state index is 0.134. The summed E-state index contributed by atoms with van der Waals surface area (Å²) in [6, 6.07) is 2.90. The van der Waals surface area contributed by atoms with E-state index in [1.54, 1.807) is 32.1 Å². The molecule has 104 valence electrons. The average molecular weight is 274 g/mol. The summed E-state index contributed by atoms with van der Waals surface area (Å²) in [5.41, 5.74) is -0.466. The highest BCUT2D eigenvalue weighted by Gasteiger charge is 2.29. The van der Waals surface area contributed by atoms with Gasteiger partial charge in [0.2, 0.25) is 0 Å². The Bertz CT molecular complexity index is 787. The predicted molar refractivity (Wildman–Crippen MR) is 74.0 cm³/mol. The fraction of sp³-hybridized carbons (Fsp3) is 0.267. The van der Waals surface area contributed by atoms with Crippen LogP contribution in [0.15, 0.2) is 27.4 Å². The van der Waals surface area contributed by atoms with Crippen molar-refractivity contribution in [3.05, 3.63) is 39.8 Å². The van der Waals surface area contributed by atoms with Crippen molar-refractivity contribution in [1.29, 1.82) is 0 Å². The number of phenols is 1. The topological polar surface area (TPSA) is 79.9 Å². The molecule has 0 bridgehead atoms. The molecule has 2 N–H and O–H groups in total. The van der Waals surface area contributed by atoms with Gasteiger partial charge in [0.25, 0.3) is 0 Å². The van der Waals surface area contributed by atoms with Crippen molar-refractivity contribution < 1.29 is 19.4 Å². The molecule has 1 aromatic carbocycles. The molecule has 1 aliphatic rings. The molecule has 1 atom stereocenters. The van der Waals surface area contributed by atoms with Crippen LogP contribution in [-0.4, -0.2) is 22.4 Å². The Morgan fingerprint density at radius 3 is 2.80 bits per heavy atom. The lowest BCUT2D eigenvalue weighted by molar-refractivity contribution is 0.0639. The maximum absolute atomic E-state index is 12.0. The van der Waals surface area contributed by atoms with E-state index in [0.717, 1.165) is 0 Å². The number of rotatable bonds is 1. The minimum atomic E-state index is -0.850. The van der Waals surface area contributed by atoms with Gasteiger partial charge in [-0.15, -0.1) is 0 Å². The summed E-state index contributed by atoms with van der Waals surface area (Å²) in [7, 11) is 0. The van der Waals surface area contributed by atoms with Crippen molar-refractivity contribution in [2.24, 2.45) is 0 Å². The van der Waals surface area contributed by atoms with Gasteiger partial charge in [-0.25, -0.2) is 0 Å². The SMILES string of the molecule is Cc1cc(=O)c2c(O)c3c(cc2o1)OC(C)(CO)C=C3. The molecule has 5 nitrogen and oxygen atoms in total. The van der Waals surface area contributed by atoms with Crippen molar-refractivity contribution >= 4 is 17.0 Å². The third kappa shape index (κ3) is 1.78. The molecule has 0 saturated carbocycles. The highest BCUT2D eigenvalue weighted by Crippen LogP contribution is 2.40. The molecule has 1 aliphatic heterocycles.